The maximum absolute atomic E-state index is 13.3. The molecule has 0 atom stereocenters. The molecule has 28 heavy (non-hydrogen) atoms. The Morgan fingerprint density at radius 2 is 2.04 bits per heavy atom. The number of nitrogens with one attached hydrogen (secondary N) is 1. The third-order valence-corrected chi connectivity index (χ3v) is 6.46. The number of fused-ring (bicyclic) bond motifs is 1. The van der Waals surface area contributed by atoms with Crippen molar-refractivity contribution in [3.05, 3.63) is 40.0 Å². The molecule has 1 aliphatic rings. The van der Waals surface area contributed by atoms with Crippen molar-refractivity contribution in [2.24, 2.45) is 0 Å². The van der Waals surface area contributed by atoms with Crippen LogP contribution in [-0.2, 0) is 0 Å². The van der Waals surface area contributed by atoms with Gasteiger partial charge in [-0.15, -0.1) is 11.3 Å². The van der Waals surface area contributed by atoms with Crippen LogP contribution in [0.3, 0.4) is 0 Å². The van der Waals surface area contributed by atoms with Gasteiger partial charge in [0.1, 0.15) is 16.5 Å². The third kappa shape index (κ3) is 3.94. The number of halogens is 2. The highest BCUT2D eigenvalue weighted by atomic mass is 35.5. The number of benzene rings is 1. The predicted octanol–water partition coefficient (Wildman–Crippen LogP) is 5.45. The molecule has 5 nitrogen and oxygen atoms in total. The Morgan fingerprint density at radius 3 is 2.75 bits per heavy atom. The number of hydrogen-bond donors (Lipinski definition) is 1. The van der Waals surface area contributed by atoms with Gasteiger partial charge in [0, 0.05) is 18.8 Å². The minimum Gasteiger partial charge on any atom is -0.356 e. The molecule has 4 rings (SSSR count). The third-order valence-electron chi connectivity index (χ3n) is 4.59. The molecule has 3 heterocycles. The van der Waals surface area contributed by atoms with Crippen LogP contribution in [-0.4, -0.2) is 35.2 Å². The van der Waals surface area contributed by atoms with Gasteiger partial charge in [-0.05, 0) is 49.8 Å². The molecule has 0 saturated carbocycles. The highest BCUT2D eigenvalue weighted by molar-refractivity contribution is 7.98. The first-order valence-corrected chi connectivity index (χ1v) is 11.3. The zero-order valence-corrected chi connectivity index (χ0v) is 17.6. The van der Waals surface area contributed by atoms with Crippen LogP contribution in [0, 0.1) is 5.82 Å². The van der Waals surface area contributed by atoms with Gasteiger partial charge in [-0.3, -0.25) is 4.79 Å². The van der Waals surface area contributed by atoms with Crippen molar-refractivity contribution in [3.63, 3.8) is 0 Å². The van der Waals surface area contributed by atoms with Crippen molar-refractivity contribution in [1.29, 1.82) is 0 Å². The van der Waals surface area contributed by atoms with Crippen LogP contribution in [0.4, 0.5) is 15.9 Å². The lowest BCUT2D eigenvalue weighted by molar-refractivity contribution is 0.103. The summed E-state index contributed by atoms with van der Waals surface area (Å²) < 4.78 is 13.3. The average Bonchev–Trinajstić information content (AvgIpc) is 3.15. The fourth-order valence-electron chi connectivity index (χ4n) is 3.20. The highest BCUT2D eigenvalue weighted by Crippen LogP contribution is 2.34. The number of hydrogen-bond acceptors (Lipinski definition) is 6. The smallest absolute Gasteiger partial charge is 0.265 e. The van der Waals surface area contributed by atoms with E-state index in [1.165, 1.54) is 47.7 Å². The molecule has 0 spiro atoms. The van der Waals surface area contributed by atoms with E-state index in [1.807, 2.05) is 12.3 Å². The quantitative estimate of drug-likeness (QED) is 0.435. The minimum absolute atomic E-state index is 0.0306. The SMILES string of the molecule is CSc1nc(N2CCCCC2)c2cc(C(=O)Nc3ccc(F)c(Cl)c3)sc2n1. The van der Waals surface area contributed by atoms with Crippen LogP contribution in [0.5, 0.6) is 0 Å². The van der Waals surface area contributed by atoms with Crippen molar-refractivity contribution in [2.45, 2.75) is 24.4 Å². The minimum atomic E-state index is -0.521. The van der Waals surface area contributed by atoms with Crippen molar-refractivity contribution < 1.29 is 9.18 Å². The van der Waals surface area contributed by atoms with Crippen LogP contribution < -0.4 is 10.2 Å². The lowest BCUT2D eigenvalue weighted by atomic mass is 10.1. The van der Waals surface area contributed by atoms with Gasteiger partial charge in [0.2, 0.25) is 0 Å². The van der Waals surface area contributed by atoms with Crippen molar-refractivity contribution in [3.8, 4) is 0 Å². The van der Waals surface area contributed by atoms with Gasteiger partial charge in [-0.1, -0.05) is 23.4 Å². The number of rotatable bonds is 4. The van der Waals surface area contributed by atoms with Gasteiger partial charge < -0.3 is 10.2 Å². The van der Waals surface area contributed by atoms with E-state index in [2.05, 4.69) is 15.2 Å². The Morgan fingerprint density at radius 1 is 1.25 bits per heavy atom. The number of thiophene rings is 1. The van der Waals surface area contributed by atoms with Crippen molar-refractivity contribution >= 4 is 62.3 Å². The Kier molecular flexibility index (Phi) is 5.70. The number of aromatic nitrogens is 2. The predicted molar refractivity (Wildman–Crippen MR) is 115 cm³/mol. The van der Waals surface area contributed by atoms with E-state index in [9.17, 15) is 9.18 Å². The van der Waals surface area contributed by atoms with E-state index in [-0.39, 0.29) is 10.9 Å². The molecule has 1 N–H and O–H groups in total. The first-order chi connectivity index (χ1) is 13.5. The lowest BCUT2D eigenvalue weighted by Gasteiger charge is -2.28. The molecule has 9 heteroatoms. The summed E-state index contributed by atoms with van der Waals surface area (Å²) in [7, 11) is 0. The molecule has 1 aliphatic heterocycles. The molecule has 1 amide bonds. The first kappa shape index (κ1) is 19.4. The highest BCUT2D eigenvalue weighted by Gasteiger charge is 2.21. The molecule has 0 aliphatic carbocycles. The largest absolute Gasteiger partial charge is 0.356 e. The van der Waals surface area contributed by atoms with Gasteiger partial charge >= 0.3 is 0 Å². The van der Waals surface area contributed by atoms with E-state index in [0.717, 1.165) is 42.0 Å². The van der Waals surface area contributed by atoms with Crippen LogP contribution >= 0.6 is 34.7 Å². The first-order valence-electron chi connectivity index (χ1n) is 8.92. The number of anilines is 2. The molecule has 0 unspecified atom stereocenters. The van der Waals surface area contributed by atoms with Gasteiger partial charge in [0.05, 0.1) is 15.3 Å². The summed E-state index contributed by atoms with van der Waals surface area (Å²) in [6.07, 6.45) is 5.46. The number of nitrogens with zero attached hydrogens (tertiary/aromatic N) is 3. The molecule has 0 radical (unpaired) electrons. The van der Waals surface area contributed by atoms with E-state index in [4.69, 9.17) is 16.6 Å². The molecule has 1 aromatic carbocycles. The van der Waals surface area contributed by atoms with Crippen molar-refractivity contribution in [1.82, 2.24) is 9.97 Å². The second-order valence-electron chi connectivity index (χ2n) is 6.49. The molecule has 0 bridgehead atoms. The second kappa shape index (κ2) is 8.23. The van der Waals surface area contributed by atoms with E-state index >= 15 is 0 Å². The van der Waals surface area contributed by atoms with Crippen LogP contribution in [0.2, 0.25) is 5.02 Å². The van der Waals surface area contributed by atoms with Gasteiger partial charge in [0.25, 0.3) is 5.91 Å². The Bertz CT molecular complexity index is 1040. The van der Waals surface area contributed by atoms with Crippen molar-refractivity contribution in [2.75, 3.05) is 29.6 Å². The molecule has 2 aromatic heterocycles. The zero-order valence-electron chi connectivity index (χ0n) is 15.2. The van der Waals surface area contributed by atoms with Gasteiger partial charge in [-0.2, -0.15) is 0 Å². The van der Waals surface area contributed by atoms with E-state index in [0.29, 0.717) is 15.7 Å². The molecule has 1 saturated heterocycles. The lowest BCUT2D eigenvalue weighted by Crippen LogP contribution is -2.30. The normalized spacial score (nSPS) is 14.5. The van der Waals surface area contributed by atoms with E-state index in [1.54, 1.807) is 0 Å². The average molecular weight is 437 g/mol. The summed E-state index contributed by atoms with van der Waals surface area (Å²) in [4.78, 5) is 25.6. The van der Waals surface area contributed by atoms with Crippen LogP contribution in [0.15, 0.2) is 29.4 Å². The number of piperidine rings is 1. The fraction of sp³-hybridized carbons (Fsp3) is 0.316. The summed E-state index contributed by atoms with van der Waals surface area (Å²) in [6, 6.07) is 5.95. The Hall–Kier alpha value is -1.90. The summed E-state index contributed by atoms with van der Waals surface area (Å²) in [5, 5.41) is 4.33. The van der Waals surface area contributed by atoms with Crippen LogP contribution in [0.25, 0.3) is 10.2 Å². The molecular formula is C19H18ClFN4OS2. The number of thioether (sulfide) groups is 1. The molecule has 1 fully saturated rings. The second-order valence-corrected chi connectivity index (χ2v) is 8.71. The molecule has 146 valence electrons. The summed E-state index contributed by atoms with van der Waals surface area (Å²) >= 11 is 8.62. The zero-order chi connectivity index (χ0) is 19.7. The maximum atomic E-state index is 13.3. The standard InChI is InChI=1S/C19H18ClFN4OS2/c1-27-19-23-16(25-7-3-2-4-8-25)12-10-15(28-18(12)24-19)17(26)22-11-5-6-14(21)13(20)9-11/h5-6,9-10H,2-4,7-8H2,1H3,(H,22,26). The number of carbonyl (C=O) groups excluding carboxylic acids is 1. The van der Waals surface area contributed by atoms with E-state index < -0.39 is 5.82 Å². The van der Waals surface area contributed by atoms with Gasteiger partial charge in [0.15, 0.2) is 5.16 Å². The number of carbonyl (C=O) groups is 1. The van der Waals surface area contributed by atoms with Gasteiger partial charge in [-0.25, -0.2) is 14.4 Å². The summed E-state index contributed by atoms with van der Waals surface area (Å²) in [6.45, 7) is 1.93. The maximum Gasteiger partial charge on any atom is 0.265 e. The monoisotopic (exact) mass is 436 g/mol. The Labute approximate surface area is 175 Å². The molecule has 3 aromatic rings. The van der Waals surface area contributed by atoms with Crippen LogP contribution in [0.1, 0.15) is 28.9 Å². The summed E-state index contributed by atoms with van der Waals surface area (Å²) in [5.41, 5.74) is 0.445. The number of amides is 1. The topological polar surface area (TPSA) is 58.1 Å². The fourth-order valence-corrected chi connectivity index (χ4v) is 4.72. The summed E-state index contributed by atoms with van der Waals surface area (Å²) in [5.74, 6) is 0.0997. The molecular weight excluding hydrogens is 419 g/mol. The Balaban J connectivity index is 1.67.